The summed E-state index contributed by atoms with van der Waals surface area (Å²) in [4.78, 5) is 0. The van der Waals surface area contributed by atoms with Crippen molar-refractivity contribution in [3.05, 3.63) is 59.2 Å². The molecule has 2 rings (SSSR count). The summed E-state index contributed by atoms with van der Waals surface area (Å²) in [5.41, 5.74) is 5.28. The second-order valence-electron chi connectivity index (χ2n) is 11.1. The molecule has 0 N–H and O–H groups in total. The zero-order valence-corrected chi connectivity index (χ0v) is 19.7. The topological polar surface area (TPSA) is 0 Å². The lowest BCUT2D eigenvalue weighted by Gasteiger charge is -2.32. The molecule has 1 aromatic carbocycles. The van der Waals surface area contributed by atoms with Crippen LogP contribution in [0.3, 0.4) is 0 Å². The Kier molecular flexibility index (Phi) is 7.77. The molecular weight excluding hydrogens is 336 g/mol. The summed E-state index contributed by atoms with van der Waals surface area (Å²) < 4.78 is 0. The minimum absolute atomic E-state index is 0.0915. The highest BCUT2D eigenvalue weighted by molar-refractivity contribution is 5.42. The summed E-state index contributed by atoms with van der Waals surface area (Å²) in [6, 6.07) is 9.46. The highest BCUT2D eigenvalue weighted by Crippen LogP contribution is 2.37. The highest BCUT2D eigenvalue weighted by Gasteiger charge is 2.26. The smallest absolute Gasteiger partial charge is 0.0143 e. The van der Waals surface area contributed by atoms with Crippen molar-refractivity contribution < 1.29 is 0 Å². The molecule has 1 aliphatic rings. The maximum atomic E-state index is 2.45. The maximum absolute atomic E-state index is 2.45. The van der Waals surface area contributed by atoms with E-state index in [1.165, 1.54) is 68.1 Å². The SMILES string of the molecule is CCCCC(C)(C)CCC(C)(C)Cc1ccc(C(C)(C)C2=CCCC=C2)cc1. The Labute approximate surface area is 175 Å². The van der Waals surface area contributed by atoms with Gasteiger partial charge in [-0.15, -0.1) is 0 Å². The largest absolute Gasteiger partial charge is 0.0839 e. The van der Waals surface area contributed by atoms with Gasteiger partial charge in [-0.3, -0.25) is 0 Å². The van der Waals surface area contributed by atoms with Crippen LogP contribution >= 0.6 is 0 Å². The Bertz CT molecular complexity index is 664. The molecule has 156 valence electrons. The maximum Gasteiger partial charge on any atom is 0.0143 e. The van der Waals surface area contributed by atoms with E-state index in [1.807, 2.05) is 0 Å². The lowest BCUT2D eigenvalue weighted by Crippen LogP contribution is -2.21. The molecule has 0 saturated heterocycles. The summed E-state index contributed by atoms with van der Waals surface area (Å²) >= 11 is 0. The third-order valence-electron chi connectivity index (χ3n) is 6.76. The van der Waals surface area contributed by atoms with Gasteiger partial charge in [-0.05, 0) is 66.1 Å². The molecule has 28 heavy (non-hydrogen) atoms. The molecule has 0 atom stereocenters. The van der Waals surface area contributed by atoms with E-state index in [0.29, 0.717) is 10.8 Å². The van der Waals surface area contributed by atoms with E-state index in [-0.39, 0.29) is 5.41 Å². The zero-order valence-electron chi connectivity index (χ0n) is 19.7. The molecule has 0 fully saturated rings. The molecular formula is C28H44. The van der Waals surface area contributed by atoms with Gasteiger partial charge >= 0.3 is 0 Å². The molecule has 0 saturated carbocycles. The second-order valence-corrected chi connectivity index (χ2v) is 11.1. The molecule has 0 heteroatoms. The Hall–Kier alpha value is -1.30. The van der Waals surface area contributed by atoms with E-state index >= 15 is 0 Å². The van der Waals surface area contributed by atoms with Crippen molar-refractivity contribution in [2.75, 3.05) is 0 Å². The number of rotatable bonds is 10. The summed E-state index contributed by atoms with van der Waals surface area (Å²) in [5, 5.41) is 0. The van der Waals surface area contributed by atoms with E-state index in [4.69, 9.17) is 0 Å². The van der Waals surface area contributed by atoms with Gasteiger partial charge in [0.25, 0.3) is 0 Å². The van der Waals surface area contributed by atoms with Crippen LogP contribution in [-0.2, 0) is 11.8 Å². The Morgan fingerprint density at radius 3 is 2.00 bits per heavy atom. The van der Waals surface area contributed by atoms with Crippen molar-refractivity contribution in [3.63, 3.8) is 0 Å². The molecule has 0 radical (unpaired) electrons. The average molecular weight is 381 g/mol. The van der Waals surface area contributed by atoms with Gasteiger partial charge in [-0.25, -0.2) is 0 Å². The summed E-state index contributed by atoms with van der Waals surface area (Å²) in [5.74, 6) is 0. The van der Waals surface area contributed by atoms with E-state index in [9.17, 15) is 0 Å². The fraction of sp³-hybridized carbons (Fsp3) is 0.643. The Balaban J connectivity index is 1.99. The molecule has 1 aromatic rings. The number of allylic oxidation sites excluding steroid dienone is 4. The first-order valence-electron chi connectivity index (χ1n) is 11.5. The van der Waals surface area contributed by atoms with Gasteiger partial charge in [0.15, 0.2) is 0 Å². The average Bonchev–Trinajstić information content (AvgIpc) is 2.66. The molecule has 0 bridgehead atoms. The zero-order chi connectivity index (χ0) is 20.8. The first-order valence-corrected chi connectivity index (χ1v) is 11.5. The minimum atomic E-state index is 0.0915. The first kappa shape index (κ1) is 23.0. The normalized spacial score (nSPS) is 15.6. The highest BCUT2D eigenvalue weighted by atomic mass is 14.3. The third-order valence-corrected chi connectivity index (χ3v) is 6.76. The van der Waals surface area contributed by atoms with Crippen molar-refractivity contribution in [3.8, 4) is 0 Å². The Morgan fingerprint density at radius 2 is 1.43 bits per heavy atom. The predicted octanol–water partition coefficient (Wildman–Crippen LogP) is 8.81. The van der Waals surface area contributed by atoms with Crippen molar-refractivity contribution in [2.45, 2.75) is 105 Å². The molecule has 0 aliphatic heterocycles. The van der Waals surface area contributed by atoms with Crippen LogP contribution in [0.1, 0.15) is 105 Å². The van der Waals surface area contributed by atoms with Gasteiger partial charge in [0.2, 0.25) is 0 Å². The molecule has 0 aromatic heterocycles. The van der Waals surface area contributed by atoms with Crippen molar-refractivity contribution >= 4 is 0 Å². The van der Waals surface area contributed by atoms with Gasteiger partial charge in [0.1, 0.15) is 0 Å². The summed E-state index contributed by atoms with van der Waals surface area (Å²) in [6.45, 7) is 16.8. The van der Waals surface area contributed by atoms with Gasteiger partial charge < -0.3 is 0 Å². The van der Waals surface area contributed by atoms with Gasteiger partial charge in [0.05, 0.1) is 0 Å². The van der Waals surface area contributed by atoms with Crippen LogP contribution in [-0.4, -0.2) is 0 Å². The van der Waals surface area contributed by atoms with Crippen LogP contribution in [0.5, 0.6) is 0 Å². The number of hydrogen-bond acceptors (Lipinski definition) is 0. The molecule has 0 nitrogen and oxygen atoms in total. The predicted molar refractivity (Wildman–Crippen MR) is 126 cm³/mol. The van der Waals surface area contributed by atoms with E-state index in [2.05, 4.69) is 91.0 Å². The van der Waals surface area contributed by atoms with E-state index in [1.54, 1.807) is 0 Å². The molecule has 1 aliphatic carbocycles. The monoisotopic (exact) mass is 380 g/mol. The van der Waals surface area contributed by atoms with Crippen molar-refractivity contribution in [1.82, 2.24) is 0 Å². The lowest BCUT2D eigenvalue weighted by molar-refractivity contribution is 0.222. The van der Waals surface area contributed by atoms with E-state index < -0.39 is 0 Å². The van der Waals surface area contributed by atoms with Crippen LogP contribution in [0, 0.1) is 10.8 Å². The fourth-order valence-electron chi connectivity index (χ4n) is 4.38. The first-order chi connectivity index (χ1) is 13.1. The number of hydrogen-bond donors (Lipinski definition) is 0. The number of unbranched alkanes of at least 4 members (excludes halogenated alkanes) is 1. The summed E-state index contributed by atoms with van der Waals surface area (Å²) in [6.07, 6.45) is 17.2. The van der Waals surface area contributed by atoms with Crippen LogP contribution in [0.2, 0.25) is 0 Å². The molecule has 0 unspecified atom stereocenters. The standard InChI is InChI=1S/C28H44/c1-8-9-19-26(2,3)20-21-27(4,5)22-23-15-17-25(18-16-23)28(6,7)24-13-11-10-12-14-24/h11,13-18H,8-10,12,19-22H2,1-7H3. The van der Waals surface area contributed by atoms with Crippen LogP contribution in [0.4, 0.5) is 0 Å². The molecule has 0 heterocycles. The van der Waals surface area contributed by atoms with Crippen LogP contribution < -0.4 is 0 Å². The van der Waals surface area contributed by atoms with Gasteiger partial charge in [0, 0.05) is 5.41 Å². The van der Waals surface area contributed by atoms with Crippen LogP contribution in [0.15, 0.2) is 48.1 Å². The third kappa shape index (κ3) is 6.64. The molecule has 0 spiro atoms. The molecule has 0 amide bonds. The quantitative estimate of drug-likeness (QED) is 0.380. The van der Waals surface area contributed by atoms with Crippen molar-refractivity contribution in [1.29, 1.82) is 0 Å². The summed E-state index contributed by atoms with van der Waals surface area (Å²) in [7, 11) is 0. The lowest BCUT2D eigenvalue weighted by atomic mass is 9.73. The minimum Gasteiger partial charge on any atom is -0.0839 e. The van der Waals surface area contributed by atoms with Crippen LogP contribution in [0.25, 0.3) is 0 Å². The second kappa shape index (κ2) is 9.47. The Morgan fingerprint density at radius 1 is 0.786 bits per heavy atom. The fourth-order valence-corrected chi connectivity index (χ4v) is 4.38. The van der Waals surface area contributed by atoms with E-state index in [0.717, 1.165) is 0 Å². The van der Waals surface area contributed by atoms with Gasteiger partial charge in [-0.1, -0.05) is 104 Å². The van der Waals surface area contributed by atoms with Crippen molar-refractivity contribution in [2.24, 2.45) is 10.8 Å². The number of benzene rings is 1. The van der Waals surface area contributed by atoms with Gasteiger partial charge in [-0.2, -0.15) is 0 Å².